The van der Waals surface area contributed by atoms with Crippen LogP contribution in [0.1, 0.15) is 37.0 Å². The average Bonchev–Trinajstić information content (AvgIpc) is 2.48. The second-order valence-corrected chi connectivity index (χ2v) is 5.03. The molecule has 0 aliphatic carbocycles. The molecule has 20 heavy (non-hydrogen) atoms. The summed E-state index contributed by atoms with van der Waals surface area (Å²) < 4.78 is 13.8. The number of benzene rings is 2. The number of halogens is 1. The number of hydrogen-bond acceptors (Lipinski definition) is 1. The van der Waals surface area contributed by atoms with Gasteiger partial charge in [0.05, 0.1) is 0 Å². The molecule has 0 bridgehead atoms. The molecule has 0 aliphatic heterocycles. The first kappa shape index (κ1) is 14.5. The Labute approximate surface area is 119 Å². The van der Waals surface area contributed by atoms with Gasteiger partial charge in [0.15, 0.2) is 0 Å². The Morgan fingerprint density at radius 3 is 2.30 bits per heavy atom. The molecule has 0 spiro atoms. The Hall–Kier alpha value is -1.90. The van der Waals surface area contributed by atoms with Gasteiger partial charge in [-0.05, 0) is 30.4 Å². The number of carbonyl (C=O) groups excluding carboxylic acids is 1. The monoisotopic (exact) mass is 273 g/mol. The van der Waals surface area contributed by atoms with E-state index in [4.69, 9.17) is 0 Å². The maximum Gasteiger partial charge on any atom is 0.254 e. The molecule has 106 valence electrons. The normalized spacial score (nSPS) is 11.1. The molecule has 2 aromatic carbocycles. The van der Waals surface area contributed by atoms with Gasteiger partial charge >= 0.3 is 0 Å². The van der Waals surface area contributed by atoms with Crippen LogP contribution in [0.2, 0.25) is 0 Å². The molecule has 1 amide bonds. The highest BCUT2D eigenvalue weighted by molar-refractivity contribution is 6.07. The van der Waals surface area contributed by atoms with Crippen LogP contribution in [0.3, 0.4) is 0 Å². The van der Waals surface area contributed by atoms with Gasteiger partial charge in [0, 0.05) is 24.0 Å². The van der Waals surface area contributed by atoms with E-state index in [9.17, 15) is 9.18 Å². The minimum absolute atomic E-state index is 0.0464. The van der Waals surface area contributed by atoms with Crippen LogP contribution in [0.25, 0.3) is 10.8 Å². The van der Waals surface area contributed by atoms with Crippen molar-refractivity contribution in [3.05, 3.63) is 47.8 Å². The molecule has 0 aromatic heterocycles. The Morgan fingerprint density at radius 2 is 1.70 bits per heavy atom. The third-order valence-electron chi connectivity index (χ3n) is 3.91. The zero-order chi connectivity index (χ0) is 14.7. The molecular formula is C17H20FNO. The van der Waals surface area contributed by atoms with Crippen molar-refractivity contribution in [1.29, 1.82) is 0 Å². The van der Waals surface area contributed by atoms with Crippen LogP contribution in [-0.4, -0.2) is 23.9 Å². The lowest BCUT2D eigenvalue weighted by Gasteiger charge is -2.26. The summed E-state index contributed by atoms with van der Waals surface area (Å²) in [4.78, 5) is 14.4. The van der Waals surface area contributed by atoms with E-state index < -0.39 is 0 Å². The van der Waals surface area contributed by atoms with Crippen molar-refractivity contribution in [2.45, 2.75) is 32.7 Å². The lowest BCUT2D eigenvalue weighted by atomic mass is 10.0. The first-order chi connectivity index (χ1) is 9.60. The summed E-state index contributed by atoms with van der Waals surface area (Å²) in [6.07, 6.45) is 1.83. The molecular weight excluding hydrogens is 253 g/mol. The standard InChI is InChI=1S/C17H20FNO/c1-4-12(5-2)19(3)17(20)15-10-11-16(18)14-9-7-6-8-13(14)15/h6-12H,4-5H2,1-3H3. The number of fused-ring (bicyclic) bond motifs is 1. The van der Waals surface area contributed by atoms with Crippen molar-refractivity contribution in [2.75, 3.05) is 7.05 Å². The lowest BCUT2D eigenvalue weighted by Crippen LogP contribution is -2.36. The Kier molecular flexibility index (Phi) is 4.38. The molecule has 0 saturated carbocycles. The fourth-order valence-corrected chi connectivity index (χ4v) is 2.64. The fourth-order valence-electron chi connectivity index (χ4n) is 2.64. The van der Waals surface area contributed by atoms with Crippen LogP contribution in [0.4, 0.5) is 4.39 Å². The number of rotatable bonds is 4. The Balaban J connectivity index is 2.48. The summed E-state index contributed by atoms with van der Waals surface area (Å²) in [7, 11) is 1.82. The number of amides is 1. The number of hydrogen-bond donors (Lipinski definition) is 0. The van der Waals surface area contributed by atoms with E-state index in [1.165, 1.54) is 6.07 Å². The van der Waals surface area contributed by atoms with Crippen LogP contribution < -0.4 is 0 Å². The third-order valence-corrected chi connectivity index (χ3v) is 3.91. The summed E-state index contributed by atoms with van der Waals surface area (Å²) in [5.41, 5.74) is 0.566. The summed E-state index contributed by atoms with van der Waals surface area (Å²) >= 11 is 0. The van der Waals surface area contributed by atoms with Gasteiger partial charge in [-0.25, -0.2) is 4.39 Å². The molecule has 0 saturated heterocycles. The van der Waals surface area contributed by atoms with Gasteiger partial charge in [-0.1, -0.05) is 38.1 Å². The van der Waals surface area contributed by atoms with E-state index >= 15 is 0 Å². The van der Waals surface area contributed by atoms with Gasteiger partial charge in [-0.3, -0.25) is 4.79 Å². The topological polar surface area (TPSA) is 20.3 Å². The quantitative estimate of drug-likeness (QED) is 0.816. The van der Waals surface area contributed by atoms with Crippen LogP contribution in [0, 0.1) is 5.82 Å². The maximum absolute atomic E-state index is 13.8. The van der Waals surface area contributed by atoms with Gasteiger partial charge < -0.3 is 4.90 Å². The minimum Gasteiger partial charge on any atom is -0.339 e. The molecule has 0 N–H and O–H groups in total. The first-order valence-electron chi connectivity index (χ1n) is 7.04. The summed E-state index contributed by atoms with van der Waals surface area (Å²) in [6, 6.07) is 10.3. The molecule has 0 radical (unpaired) electrons. The third kappa shape index (κ3) is 2.53. The molecule has 0 heterocycles. The van der Waals surface area contributed by atoms with Gasteiger partial charge in [-0.2, -0.15) is 0 Å². The van der Waals surface area contributed by atoms with Crippen LogP contribution >= 0.6 is 0 Å². The van der Waals surface area contributed by atoms with E-state index in [0.29, 0.717) is 16.3 Å². The van der Waals surface area contributed by atoms with E-state index in [1.54, 1.807) is 29.2 Å². The number of carbonyl (C=O) groups is 1. The molecule has 2 aromatic rings. The fraction of sp³-hybridized carbons (Fsp3) is 0.353. The van der Waals surface area contributed by atoms with Gasteiger partial charge in [0.2, 0.25) is 0 Å². The summed E-state index contributed by atoms with van der Waals surface area (Å²) in [5, 5.41) is 1.17. The maximum atomic E-state index is 13.8. The predicted octanol–water partition coefficient (Wildman–Crippen LogP) is 4.24. The molecule has 2 nitrogen and oxygen atoms in total. The summed E-state index contributed by atoms with van der Waals surface area (Å²) in [6.45, 7) is 4.14. The van der Waals surface area contributed by atoms with Crippen LogP contribution in [0.5, 0.6) is 0 Å². The van der Waals surface area contributed by atoms with Crippen molar-refractivity contribution in [2.24, 2.45) is 0 Å². The minimum atomic E-state index is -0.290. The van der Waals surface area contributed by atoms with E-state index in [1.807, 2.05) is 13.1 Å². The molecule has 0 atom stereocenters. The van der Waals surface area contributed by atoms with Crippen molar-refractivity contribution >= 4 is 16.7 Å². The van der Waals surface area contributed by atoms with E-state index in [-0.39, 0.29) is 17.8 Å². The van der Waals surface area contributed by atoms with Crippen molar-refractivity contribution < 1.29 is 9.18 Å². The summed E-state index contributed by atoms with van der Waals surface area (Å²) in [5.74, 6) is -0.336. The molecule has 2 rings (SSSR count). The van der Waals surface area contributed by atoms with E-state index in [2.05, 4.69) is 13.8 Å². The van der Waals surface area contributed by atoms with Crippen molar-refractivity contribution in [1.82, 2.24) is 4.90 Å². The molecule has 3 heteroatoms. The van der Waals surface area contributed by atoms with Crippen molar-refractivity contribution in [3.8, 4) is 0 Å². The molecule has 0 fully saturated rings. The zero-order valence-electron chi connectivity index (χ0n) is 12.2. The SMILES string of the molecule is CCC(CC)N(C)C(=O)c1ccc(F)c2ccccc12. The smallest absolute Gasteiger partial charge is 0.254 e. The van der Waals surface area contributed by atoms with Crippen LogP contribution in [-0.2, 0) is 0 Å². The Bertz CT molecular complexity index is 619. The van der Waals surface area contributed by atoms with Gasteiger partial charge in [0.25, 0.3) is 5.91 Å². The predicted molar refractivity (Wildman–Crippen MR) is 80.4 cm³/mol. The highest BCUT2D eigenvalue weighted by atomic mass is 19.1. The van der Waals surface area contributed by atoms with Gasteiger partial charge in [0.1, 0.15) is 5.82 Å². The van der Waals surface area contributed by atoms with Crippen molar-refractivity contribution in [3.63, 3.8) is 0 Å². The average molecular weight is 273 g/mol. The largest absolute Gasteiger partial charge is 0.339 e. The lowest BCUT2D eigenvalue weighted by molar-refractivity contribution is 0.0725. The zero-order valence-corrected chi connectivity index (χ0v) is 12.2. The molecule has 0 aliphatic rings. The first-order valence-corrected chi connectivity index (χ1v) is 7.04. The second-order valence-electron chi connectivity index (χ2n) is 5.03. The number of nitrogens with zero attached hydrogens (tertiary/aromatic N) is 1. The highest BCUT2D eigenvalue weighted by Crippen LogP contribution is 2.23. The van der Waals surface area contributed by atoms with E-state index in [0.717, 1.165) is 12.8 Å². The Morgan fingerprint density at radius 1 is 1.10 bits per heavy atom. The van der Waals surface area contributed by atoms with Gasteiger partial charge in [-0.15, -0.1) is 0 Å². The van der Waals surface area contributed by atoms with Crippen LogP contribution in [0.15, 0.2) is 36.4 Å². The highest BCUT2D eigenvalue weighted by Gasteiger charge is 2.20. The second kappa shape index (κ2) is 6.04. The molecule has 0 unspecified atom stereocenters.